The van der Waals surface area contributed by atoms with Crippen molar-refractivity contribution in [2.45, 2.75) is 25.5 Å². The molecule has 1 saturated heterocycles. The highest BCUT2D eigenvalue weighted by atomic mass is 16.5. The monoisotopic (exact) mass is 182 g/mol. The molecule has 1 fully saturated rings. The SMILES string of the molecule is COC1CNC(c2n[nH]c(C)n2)C1. The second-order valence-electron chi connectivity index (χ2n) is 3.33. The molecule has 5 nitrogen and oxygen atoms in total. The first kappa shape index (κ1) is 8.65. The number of nitrogens with zero attached hydrogens (tertiary/aromatic N) is 2. The summed E-state index contributed by atoms with van der Waals surface area (Å²) in [4.78, 5) is 4.28. The Morgan fingerprint density at radius 1 is 1.54 bits per heavy atom. The average molecular weight is 182 g/mol. The number of hydrogen-bond donors (Lipinski definition) is 2. The van der Waals surface area contributed by atoms with Gasteiger partial charge in [0.25, 0.3) is 0 Å². The summed E-state index contributed by atoms with van der Waals surface area (Å²) in [6.07, 6.45) is 1.25. The van der Waals surface area contributed by atoms with Crippen molar-refractivity contribution >= 4 is 0 Å². The fraction of sp³-hybridized carbons (Fsp3) is 0.750. The zero-order valence-electron chi connectivity index (χ0n) is 7.87. The molecule has 2 unspecified atom stereocenters. The summed E-state index contributed by atoms with van der Waals surface area (Å²) >= 11 is 0. The van der Waals surface area contributed by atoms with Crippen molar-refractivity contribution in [1.82, 2.24) is 20.5 Å². The van der Waals surface area contributed by atoms with Crippen molar-refractivity contribution in [3.05, 3.63) is 11.6 Å². The van der Waals surface area contributed by atoms with Crippen molar-refractivity contribution in [1.29, 1.82) is 0 Å². The number of aromatic nitrogens is 3. The maximum atomic E-state index is 5.24. The van der Waals surface area contributed by atoms with Gasteiger partial charge in [-0.2, -0.15) is 5.10 Å². The van der Waals surface area contributed by atoms with Gasteiger partial charge in [0.05, 0.1) is 12.1 Å². The van der Waals surface area contributed by atoms with E-state index < -0.39 is 0 Å². The Hall–Kier alpha value is -0.940. The molecule has 1 aromatic rings. The van der Waals surface area contributed by atoms with Crippen LogP contribution in [0, 0.1) is 6.92 Å². The van der Waals surface area contributed by atoms with Gasteiger partial charge in [0, 0.05) is 13.7 Å². The molecule has 0 aliphatic carbocycles. The van der Waals surface area contributed by atoms with Gasteiger partial charge >= 0.3 is 0 Å². The summed E-state index contributed by atoms with van der Waals surface area (Å²) in [7, 11) is 1.73. The van der Waals surface area contributed by atoms with Gasteiger partial charge in [-0.25, -0.2) is 4.98 Å². The van der Waals surface area contributed by atoms with Crippen LogP contribution in [0.5, 0.6) is 0 Å². The molecule has 1 aliphatic rings. The third-order valence-electron chi connectivity index (χ3n) is 2.35. The Labute approximate surface area is 76.9 Å². The second kappa shape index (κ2) is 3.43. The van der Waals surface area contributed by atoms with Crippen LogP contribution in [0.3, 0.4) is 0 Å². The molecule has 13 heavy (non-hydrogen) atoms. The molecule has 1 aromatic heterocycles. The highest BCUT2D eigenvalue weighted by Crippen LogP contribution is 2.21. The van der Waals surface area contributed by atoms with E-state index in [0.717, 1.165) is 24.6 Å². The van der Waals surface area contributed by atoms with Crippen LogP contribution >= 0.6 is 0 Å². The topological polar surface area (TPSA) is 62.8 Å². The van der Waals surface area contributed by atoms with Gasteiger partial charge in [0.15, 0.2) is 5.82 Å². The first-order valence-electron chi connectivity index (χ1n) is 4.44. The van der Waals surface area contributed by atoms with Gasteiger partial charge in [0.2, 0.25) is 0 Å². The lowest BCUT2D eigenvalue weighted by molar-refractivity contribution is 0.117. The number of methoxy groups -OCH3 is 1. The van der Waals surface area contributed by atoms with Crippen molar-refractivity contribution in [2.24, 2.45) is 0 Å². The molecule has 0 amide bonds. The summed E-state index contributed by atoms with van der Waals surface area (Å²) in [5.41, 5.74) is 0. The molecule has 0 saturated carbocycles. The maximum Gasteiger partial charge on any atom is 0.167 e. The second-order valence-corrected chi connectivity index (χ2v) is 3.33. The molecule has 2 rings (SSSR count). The largest absolute Gasteiger partial charge is 0.380 e. The summed E-state index contributed by atoms with van der Waals surface area (Å²) in [6, 6.07) is 0.245. The highest BCUT2D eigenvalue weighted by molar-refractivity contribution is 4.99. The predicted octanol–water partition coefficient (Wildman–Crippen LogP) is 0.163. The van der Waals surface area contributed by atoms with Gasteiger partial charge in [-0.15, -0.1) is 0 Å². The van der Waals surface area contributed by atoms with E-state index in [1.54, 1.807) is 7.11 Å². The highest BCUT2D eigenvalue weighted by Gasteiger charge is 2.27. The van der Waals surface area contributed by atoms with Gasteiger partial charge < -0.3 is 10.1 Å². The van der Waals surface area contributed by atoms with E-state index in [1.165, 1.54) is 0 Å². The molecular formula is C8H14N4O. The zero-order chi connectivity index (χ0) is 9.26. The Balaban J connectivity index is 2.03. The smallest absolute Gasteiger partial charge is 0.167 e. The van der Waals surface area contributed by atoms with Crippen molar-refractivity contribution < 1.29 is 4.74 Å². The summed E-state index contributed by atoms with van der Waals surface area (Å²) in [5.74, 6) is 1.70. The summed E-state index contributed by atoms with van der Waals surface area (Å²) in [5, 5.41) is 10.3. The number of ether oxygens (including phenoxy) is 1. The van der Waals surface area contributed by atoms with Crippen molar-refractivity contribution in [2.75, 3.05) is 13.7 Å². The van der Waals surface area contributed by atoms with Crippen LogP contribution in [0.15, 0.2) is 0 Å². The lowest BCUT2D eigenvalue weighted by atomic mass is 10.2. The fourth-order valence-electron chi connectivity index (χ4n) is 1.60. The van der Waals surface area contributed by atoms with Gasteiger partial charge in [-0.1, -0.05) is 0 Å². The number of H-pyrrole nitrogens is 1. The molecule has 1 aliphatic heterocycles. The quantitative estimate of drug-likeness (QED) is 0.684. The molecule has 0 bridgehead atoms. The van der Waals surface area contributed by atoms with Gasteiger partial charge in [-0.3, -0.25) is 5.10 Å². The van der Waals surface area contributed by atoms with E-state index in [2.05, 4.69) is 20.5 Å². The van der Waals surface area contributed by atoms with E-state index in [-0.39, 0.29) is 6.04 Å². The minimum absolute atomic E-state index is 0.245. The van der Waals surface area contributed by atoms with E-state index >= 15 is 0 Å². The lowest BCUT2D eigenvalue weighted by Crippen LogP contribution is -2.16. The number of nitrogens with one attached hydrogen (secondary N) is 2. The normalized spacial score (nSPS) is 28.2. The third-order valence-corrected chi connectivity index (χ3v) is 2.35. The summed E-state index contributed by atoms with van der Waals surface area (Å²) in [6.45, 7) is 2.79. The number of rotatable bonds is 2. The van der Waals surface area contributed by atoms with Crippen molar-refractivity contribution in [3.63, 3.8) is 0 Å². The molecule has 0 radical (unpaired) electrons. The molecule has 2 N–H and O–H groups in total. The van der Waals surface area contributed by atoms with E-state index in [1.807, 2.05) is 6.92 Å². The third kappa shape index (κ3) is 1.71. The zero-order valence-corrected chi connectivity index (χ0v) is 7.87. The minimum Gasteiger partial charge on any atom is -0.380 e. The first-order valence-corrected chi connectivity index (χ1v) is 4.44. The number of hydrogen-bond acceptors (Lipinski definition) is 4. The standard InChI is InChI=1S/C8H14N4O/c1-5-10-8(12-11-5)7-3-6(13-2)4-9-7/h6-7,9H,3-4H2,1-2H3,(H,10,11,12). The van der Waals surface area contributed by atoms with Crippen LogP contribution in [0.2, 0.25) is 0 Å². The Bertz CT molecular complexity index is 285. The van der Waals surface area contributed by atoms with Gasteiger partial charge in [-0.05, 0) is 13.3 Å². The van der Waals surface area contributed by atoms with Crippen LogP contribution in [-0.4, -0.2) is 34.9 Å². The minimum atomic E-state index is 0.245. The molecule has 0 spiro atoms. The maximum absolute atomic E-state index is 5.24. The number of aryl methyl sites for hydroxylation is 1. The Morgan fingerprint density at radius 2 is 2.38 bits per heavy atom. The fourth-order valence-corrected chi connectivity index (χ4v) is 1.60. The van der Waals surface area contributed by atoms with E-state index in [0.29, 0.717) is 6.10 Å². The van der Waals surface area contributed by atoms with E-state index in [9.17, 15) is 0 Å². The summed E-state index contributed by atoms with van der Waals surface area (Å²) < 4.78 is 5.24. The first-order chi connectivity index (χ1) is 6.29. The van der Waals surface area contributed by atoms with Crippen LogP contribution in [-0.2, 0) is 4.74 Å². The molecule has 5 heteroatoms. The van der Waals surface area contributed by atoms with Crippen LogP contribution in [0.1, 0.15) is 24.1 Å². The Morgan fingerprint density at radius 3 is 2.92 bits per heavy atom. The molecule has 2 atom stereocenters. The Kier molecular flexibility index (Phi) is 2.28. The van der Waals surface area contributed by atoms with E-state index in [4.69, 9.17) is 4.74 Å². The number of aromatic amines is 1. The predicted molar refractivity (Wildman–Crippen MR) is 47.3 cm³/mol. The van der Waals surface area contributed by atoms with Crippen molar-refractivity contribution in [3.8, 4) is 0 Å². The molecule has 2 heterocycles. The lowest BCUT2D eigenvalue weighted by Gasteiger charge is -2.04. The molecule has 72 valence electrons. The van der Waals surface area contributed by atoms with Crippen LogP contribution in [0.4, 0.5) is 0 Å². The van der Waals surface area contributed by atoms with Crippen LogP contribution in [0.25, 0.3) is 0 Å². The van der Waals surface area contributed by atoms with Gasteiger partial charge in [0.1, 0.15) is 5.82 Å². The molecule has 0 aromatic carbocycles. The average Bonchev–Trinajstić information content (AvgIpc) is 2.71. The van der Waals surface area contributed by atoms with Crippen LogP contribution < -0.4 is 5.32 Å². The molecular weight excluding hydrogens is 168 g/mol.